The number of hydrogen-bond acceptors (Lipinski definition) is 3. The van der Waals surface area contributed by atoms with Crippen molar-refractivity contribution in [1.82, 2.24) is 9.88 Å². The van der Waals surface area contributed by atoms with Gasteiger partial charge in [0, 0.05) is 0 Å². The molecule has 0 fully saturated rings. The summed E-state index contributed by atoms with van der Waals surface area (Å²) in [5.41, 5.74) is 7.32. The van der Waals surface area contributed by atoms with Gasteiger partial charge in [0.1, 0.15) is 0 Å². The molecule has 4 heterocycles. The summed E-state index contributed by atoms with van der Waals surface area (Å²) in [5.74, 6) is -1.39. The van der Waals surface area contributed by atoms with Gasteiger partial charge in [-0.05, 0) is 13.8 Å². The Hall–Kier alpha value is -2.46. The molecule has 1 radical (unpaired) electrons. The molecule has 5 nitrogen and oxygen atoms in total. The van der Waals surface area contributed by atoms with Crippen LogP contribution in [0.3, 0.4) is 0 Å². The number of hydrogen-bond donors (Lipinski definition) is 1. The summed E-state index contributed by atoms with van der Waals surface area (Å²) in [6.07, 6.45) is 0.368. The molecule has 2 aromatic heterocycles. The van der Waals surface area contributed by atoms with Gasteiger partial charge in [0.15, 0.2) is 0 Å². The van der Waals surface area contributed by atoms with Crippen molar-refractivity contribution in [1.29, 1.82) is 0 Å². The molecular weight excluding hydrogens is 546 g/mol. The zero-order valence-electron chi connectivity index (χ0n) is 18.8. The van der Waals surface area contributed by atoms with Crippen LogP contribution in [0.4, 0.5) is 0 Å². The molecule has 2 aliphatic heterocycles. The number of aromatic nitrogens is 1. The predicted molar refractivity (Wildman–Crippen MR) is 134 cm³/mol. The number of aryl methyl sites for hydroxylation is 2. The molecule has 0 saturated heterocycles. The van der Waals surface area contributed by atoms with E-state index in [1.807, 2.05) is 0 Å². The Morgan fingerprint density at radius 3 is 2.58 bits per heavy atom. The molecule has 0 saturated carbocycles. The third-order valence-corrected chi connectivity index (χ3v) is 8.63. The van der Waals surface area contributed by atoms with Crippen LogP contribution in [0.1, 0.15) is 41.0 Å². The number of fused-ring (bicyclic) bond motifs is 5. The standard InChI is InChI=1S/C26H22N3O2STe/c1-12-5-6-20-15(7-12)16-8-13(2)9-18-21(16)29(20)24-19(26(18,3)4)11-14(32-24)10-17-22(30)27-25(33)28-23(17)31/h5-9,11,17H,10H2,1-4H3,(H,27,28,30,31). The Labute approximate surface area is 208 Å². The Morgan fingerprint density at radius 2 is 1.82 bits per heavy atom. The fourth-order valence-corrected chi connectivity index (χ4v) is 7.20. The normalized spacial score (nSPS) is 19.0. The number of thiophene rings is 1. The summed E-state index contributed by atoms with van der Waals surface area (Å²) < 4.78 is 2.77. The number of carbonyl (C=O) groups excluding carboxylic acids is 2. The van der Waals surface area contributed by atoms with E-state index in [0.717, 1.165) is 4.88 Å². The van der Waals surface area contributed by atoms with E-state index in [9.17, 15) is 9.59 Å². The van der Waals surface area contributed by atoms with Crippen LogP contribution in [0, 0.1) is 19.8 Å². The molecular formula is C26H22N3O2STe. The van der Waals surface area contributed by atoms with Gasteiger partial charge < -0.3 is 0 Å². The number of carbonyl (C=O) groups is 2. The van der Waals surface area contributed by atoms with Gasteiger partial charge in [0.05, 0.1) is 0 Å². The zero-order valence-corrected chi connectivity index (χ0v) is 21.9. The number of rotatable bonds is 2. The van der Waals surface area contributed by atoms with Crippen molar-refractivity contribution < 1.29 is 9.59 Å². The van der Waals surface area contributed by atoms with Crippen molar-refractivity contribution in [3.05, 3.63) is 63.5 Å². The van der Waals surface area contributed by atoms with Crippen LogP contribution in [0.15, 0.2) is 41.4 Å². The number of aliphatic imine (C=N–C) groups is 1. The quantitative estimate of drug-likeness (QED) is 0.287. The maximum absolute atomic E-state index is 12.5. The van der Waals surface area contributed by atoms with Gasteiger partial charge in [0.25, 0.3) is 0 Å². The molecule has 165 valence electrons. The van der Waals surface area contributed by atoms with Crippen LogP contribution >= 0.6 is 11.3 Å². The van der Waals surface area contributed by atoms with Crippen LogP contribution < -0.4 is 5.32 Å². The Morgan fingerprint density at radius 1 is 1.06 bits per heavy atom. The predicted octanol–water partition coefficient (Wildman–Crippen LogP) is 4.44. The number of benzene rings is 2. The third-order valence-electron chi connectivity index (χ3n) is 6.94. The monoisotopic (exact) mass is 570 g/mol. The molecule has 4 aromatic rings. The number of nitrogens with zero attached hydrogens (tertiary/aromatic N) is 2. The minimum atomic E-state index is -0.771. The second-order valence-corrected chi connectivity index (χ2v) is 11.8. The van der Waals surface area contributed by atoms with Gasteiger partial charge >= 0.3 is 190 Å². The van der Waals surface area contributed by atoms with Gasteiger partial charge in [-0.25, -0.2) is 0 Å². The van der Waals surface area contributed by atoms with E-state index in [1.165, 1.54) is 49.1 Å². The Balaban J connectivity index is 1.59. The van der Waals surface area contributed by atoms with Gasteiger partial charge in [-0.1, -0.05) is 5.56 Å². The SMILES string of the molecule is Cc1ccc2c(c1)c1cc(C)cc3c1n2-c1sc(CC2C(=O)N=C([Te])NC2=O)cc1C3(C)C. The van der Waals surface area contributed by atoms with Crippen molar-refractivity contribution in [3.8, 4) is 5.00 Å². The average molecular weight is 568 g/mol. The fourth-order valence-electron chi connectivity index (χ4n) is 5.28. The summed E-state index contributed by atoms with van der Waals surface area (Å²) in [6, 6.07) is 13.4. The molecule has 33 heavy (non-hydrogen) atoms. The first kappa shape index (κ1) is 21.1. The summed E-state index contributed by atoms with van der Waals surface area (Å²) in [4.78, 5) is 30.0. The Kier molecular flexibility index (Phi) is 4.49. The minimum absolute atomic E-state index is 0.193. The first-order chi connectivity index (χ1) is 15.6. The van der Waals surface area contributed by atoms with E-state index in [4.69, 9.17) is 0 Å². The molecule has 0 aliphatic carbocycles. The van der Waals surface area contributed by atoms with Crippen molar-refractivity contribution in [3.63, 3.8) is 0 Å². The molecule has 2 amide bonds. The topological polar surface area (TPSA) is 63.5 Å². The second-order valence-electron chi connectivity index (χ2n) is 9.62. The second kappa shape index (κ2) is 7.02. The molecule has 2 aromatic carbocycles. The van der Waals surface area contributed by atoms with Crippen molar-refractivity contribution in [2.24, 2.45) is 10.9 Å². The van der Waals surface area contributed by atoms with E-state index < -0.39 is 5.92 Å². The third kappa shape index (κ3) is 2.99. The van der Waals surface area contributed by atoms with E-state index >= 15 is 0 Å². The van der Waals surface area contributed by atoms with E-state index in [-0.39, 0.29) is 17.2 Å². The van der Waals surface area contributed by atoms with Crippen LogP contribution in [0.5, 0.6) is 0 Å². The molecule has 6 rings (SSSR count). The summed E-state index contributed by atoms with van der Waals surface area (Å²) in [6.45, 7) is 8.84. The Bertz CT molecular complexity index is 1570. The molecule has 1 N–H and O–H groups in total. The fraction of sp³-hybridized carbons (Fsp3) is 0.269. The number of nitrogens with one attached hydrogen (secondary N) is 1. The van der Waals surface area contributed by atoms with Gasteiger partial charge in [-0.3, -0.25) is 0 Å². The van der Waals surface area contributed by atoms with Crippen LogP contribution in [-0.4, -0.2) is 42.6 Å². The molecule has 1 unspecified atom stereocenters. The molecule has 7 heteroatoms. The number of amides is 2. The van der Waals surface area contributed by atoms with E-state index in [0.29, 0.717) is 10.3 Å². The molecule has 2 aliphatic rings. The first-order valence-corrected chi connectivity index (χ1v) is 12.9. The van der Waals surface area contributed by atoms with Crippen molar-refractivity contribution in [2.75, 3.05) is 0 Å². The van der Waals surface area contributed by atoms with Gasteiger partial charge in [-0.15, -0.1) is 0 Å². The average Bonchev–Trinajstić information content (AvgIpc) is 3.29. The molecule has 1 atom stereocenters. The van der Waals surface area contributed by atoms with Crippen LogP contribution in [0.25, 0.3) is 26.8 Å². The first-order valence-electron chi connectivity index (χ1n) is 10.9. The van der Waals surface area contributed by atoms with Crippen LogP contribution in [-0.2, 0) is 21.4 Å². The number of amidine groups is 1. The maximum atomic E-state index is 12.5. The van der Waals surface area contributed by atoms with E-state index in [2.05, 4.69) is 79.0 Å². The van der Waals surface area contributed by atoms with Gasteiger partial charge in [0.2, 0.25) is 0 Å². The van der Waals surface area contributed by atoms with E-state index in [1.54, 1.807) is 33.6 Å². The van der Waals surface area contributed by atoms with Gasteiger partial charge in [-0.2, -0.15) is 0 Å². The summed E-state index contributed by atoms with van der Waals surface area (Å²) in [5, 5.41) is 6.44. The molecule has 0 bridgehead atoms. The zero-order chi connectivity index (χ0) is 23.2. The van der Waals surface area contributed by atoms with Crippen molar-refractivity contribution in [2.45, 2.75) is 39.5 Å². The summed E-state index contributed by atoms with van der Waals surface area (Å²) >= 11 is 3.25. The van der Waals surface area contributed by atoms with Crippen molar-refractivity contribution >= 4 is 71.1 Å². The van der Waals surface area contributed by atoms with Crippen LogP contribution in [0.2, 0.25) is 0 Å². The molecule has 0 spiro atoms. The summed E-state index contributed by atoms with van der Waals surface area (Å²) in [7, 11) is 0.